The fourth-order valence-electron chi connectivity index (χ4n) is 3.59. The molecule has 1 aromatic carbocycles. The molecule has 0 aliphatic heterocycles. The Hall–Kier alpha value is -1.81. The predicted octanol–water partition coefficient (Wildman–Crippen LogP) is 3.82. The lowest BCUT2D eigenvalue weighted by molar-refractivity contribution is 0.145. The van der Waals surface area contributed by atoms with Crippen molar-refractivity contribution in [2.75, 3.05) is 27.4 Å². The molecule has 3 rings (SSSR count). The Labute approximate surface area is 196 Å². The van der Waals surface area contributed by atoms with E-state index in [0.717, 1.165) is 23.0 Å². The van der Waals surface area contributed by atoms with Gasteiger partial charge in [-0.3, -0.25) is 9.67 Å². The molecule has 0 amide bonds. The molecule has 0 unspecified atom stereocenters. The molecule has 8 heteroatoms. The van der Waals surface area contributed by atoms with Gasteiger partial charge in [0.1, 0.15) is 12.4 Å². The number of halogens is 1. The lowest BCUT2D eigenvalue weighted by Gasteiger charge is -2.15. The minimum absolute atomic E-state index is 0. The van der Waals surface area contributed by atoms with Gasteiger partial charge >= 0.3 is 0 Å². The van der Waals surface area contributed by atoms with Gasteiger partial charge in [0, 0.05) is 32.5 Å². The number of rotatable bonds is 9. The highest BCUT2D eigenvalue weighted by Gasteiger charge is 2.17. The summed E-state index contributed by atoms with van der Waals surface area (Å²) in [5, 5.41) is 11.4. The normalized spacial score (nSPS) is 14.4. The predicted molar refractivity (Wildman–Crippen MR) is 131 cm³/mol. The van der Waals surface area contributed by atoms with Gasteiger partial charge < -0.3 is 20.1 Å². The maximum absolute atomic E-state index is 5.87. The van der Waals surface area contributed by atoms with Crippen LogP contribution in [0.5, 0.6) is 5.75 Å². The van der Waals surface area contributed by atoms with Crippen LogP contribution in [0.4, 0.5) is 0 Å². The van der Waals surface area contributed by atoms with E-state index < -0.39 is 0 Å². The Morgan fingerprint density at radius 1 is 1.17 bits per heavy atom. The summed E-state index contributed by atoms with van der Waals surface area (Å²) in [6.07, 6.45) is 7.20. The molecule has 1 saturated carbocycles. The van der Waals surface area contributed by atoms with Gasteiger partial charge in [0.15, 0.2) is 5.96 Å². The van der Waals surface area contributed by atoms with E-state index in [9.17, 15) is 0 Å². The molecule has 166 valence electrons. The van der Waals surface area contributed by atoms with E-state index in [4.69, 9.17) is 14.6 Å². The van der Waals surface area contributed by atoms with E-state index in [2.05, 4.69) is 57.7 Å². The molecular weight excluding hydrogens is 493 g/mol. The van der Waals surface area contributed by atoms with Crippen LogP contribution in [0.15, 0.2) is 35.5 Å². The maximum atomic E-state index is 5.87. The minimum atomic E-state index is 0. The van der Waals surface area contributed by atoms with Crippen molar-refractivity contribution >= 4 is 29.9 Å². The monoisotopic (exact) mass is 527 g/mol. The molecule has 1 heterocycles. The summed E-state index contributed by atoms with van der Waals surface area (Å²) in [4.78, 5) is 4.32. The number of hydrogen-bond acceptors (Lipinski definition) is 4. The Balaban J connectivity index is 0.00000320. The molecule has 2 N–H and O–H groups in total. The third-order valence-corrected chi connectivity index (χ3v) is 5.24. The molecule has 0 atom stereocenters. The van der Waals surface area contributed by atoms with Crippen molar-refractivity contribution in [1.29, 1.82) is 0 Å². The van der Waals surface area contributed by atoms with Crippen LogP contribution >= 0.6 is 24.0 Å². The Kier molecular flexibility index (Phi) is 10.4. The van der Waals surface area contributed by atoms with Gasteiger partial charge in [-0.25, -0.2) is 0 Å². The van der Waals surface area contributed by atoms with Gasteiger partial charge in [-0.15, -0.1) is 24.0 Å². The number of hydrogen-bond donors (Lipinski definition) is 2. The summed E-state index contributed by atoms with van der Waals surface area (Å²) in [5.74, 6) is 1.61. The number of ether oxygens (including phenoxy) is 2. The van der Waals surface area contributed by atoms with Crippen LogP contribution in [0.1, 0.15) is 48.5 Å². The van der Waals surface area contributed by atoms with E-state index in [-0.39, 0.29) is 24.0 Å². The summed E-state index contributed by atoms with van der Waals surface area (Å²) in [5.41, 5.74) is 3.28. The topological polar surface area (TPSA) is 72.7 Å². The molecule has 1 aromatic heterocycles. The van der Waals surface area contributed by atoms with Crippen LogP contribution in [-0.2, 0) is 17.8 Å². The molecule has 30 heavy (non-hydrogen) atoms. The number of aliphatic imine (C=N–C) groups is 1. The zero-order valence-corrected chi connectivity index (χ0v) is 20.5. The summed E-state index contributed by atoms with van der Waals surface area (Å²) < 4.78 is 13.1. The third-order valence-electron chi connectivity index (χ3n) is 5.24. The van der Waals surface area contributed by atoms with E-state index >= 15 is 0 Å². The average molecular weight is 527 g/mol. The summed E-state index contributed by atoms with van der Waals surface area (Å²) in [6, 6.07) is 8.88. The highest BCUT2D eigenvalue weighted by Crippen LogP contribution is 2.28. The first-order valence-electron chi connectivity index (χ1n) is 10.4. The largest absolute Gasteiger partial charge is 0.491 e. The average Bonchev–Trinajstić information content (AvgIpc) is 3.41. The highest BCUT2D eigenvalue weighted by molar-refractivity contribution is 14.0. The lowest BCUT2D eigenvalue weighted by atomic mass is 10.1. The SMILES string of the molecule is CN=C(NCc1ccn(C2CCCC2)n1)NCc1ccc(C)cc1OCCOC.I. The number of benzene rings is 1. The Bertz CT molecular complexity index is 803. The van der Waals surface area contributed by atoms with E-state index in [1.165, 1.54) is 31.2 Å². The first-order chi connectivity index (χ1) is 14.2. The zero-order chi connectivity index (χ0) is 20.5. The van der Waals surface area contributed by atoms with Gasteiger partial charge in [0.2, 0.25) is 0 Å². The van der Waals surface area contributed by atoms with E-state index in [0.29, 0.717) is 32.3 Å². The van der Waals surface area contributed by atoms with Gasteiger partial charge in [0.25, 0.3) is 0 Å². The van der Waals surface area contributed by atoms with Crippen molar-refractivity contribution in [3.63, 3.8) is 0 Å². The standard InChI is InChI=1S/C22H33N5O2.HI/c1-17-8-9-18(21(14-17)29-13-12-28-3)15-24-22(23-2)25-16-19-10-11-27(26-19)20-6-4-5-7-20;/h8-11,14,20H,4-7,12-13,15-16H2,1-3H3,(H2,23,24,25);1H. The van der Waals surface area contributed by atoms with Crippen molar-refractivity contribution in [3.05, 3.63) is 47.3 Å². The zero-order valence-electron chi connectivity index (χ0n) is 18.2. The molecule has 0 spiro atoms. The van der Waals surface area contributed by atoms with Gasteiger partial charge in [-0.05, 0) is 37.5 Å². The quantitative estimate of drug-likeness (QED) is 0.225. The smallest absolute Gasteiger partial charge is 0.191 e. The molecule has 1 fully saturated rings. The second-order valence-electron chi connectivity index (χ2n) is 7.46. The second kappa shape index (κ2) is 12.8. The summed E-state index contributed by atoms with van der Waals surface area (Å²) >= 11 is 0. The van der Waals surface area contributed by atoms with Gasteiger partial charge in [-0.1, -0.05) is 25.0 Å². The molecule has 1 aliphatic carbocycles. The minimum Gasteiger partial charge on any atom is -0.491 e. The van der Waals surface area contributed by atoms with Gasteiger partial charge in [-0.2, -0.15) is 5.10 Å². The van der Waals surface area contributed by atoms with Crippen molar-refractivity contribution in [3.8, 4) is 5.75 Å². The Morgan fingerprint density at radius 3 is 2.67 bits per heavy atom. The van der Waals surface area contributed by atoms with Crippen LogP contribution in [0, 0.1) is 6.92 Å². The molecule has 0 radical (unpaired) electrons. The van der Waals surface area contributed by atoms with Crippen molar-refractivity contribution < 1.29 is 9.47 Å². The first kappa shape index (κ1) is 24.5. The fourth-order valence-corrected chi connectivity index (χ4v) is 3.59. The number of methoxy groups -OCH3 is 1. The van der Waals surface area contributed by atoms with Crippen LogP contribution in [-0.4, -0.2) is 43.1 Å². The van der Waals surface area contributed by atoms with Crippen LogP contribution in [0.3, 0.4) is 0 Å². The molecule has 0 saturated heterocycles. The number of nitrogens with zero attached hydrogens (tertiary/aromatic N) is 3. The van der Waals surface area contributed by atoms with E-state index in [1.807, 2.05) is 0 Å². The summed E-state index contributed by atoms with van der Waals surface area (Å²) in [6.45, 7) is 4.43. The van der Waals surface area contributed by atoms with Crippen LogP contribution < -0.4 is 15.4 Å². The molecule has 7 nitrogen and oxygen atoms in total. The fraction of sp³-hybridized carbons (Fsp3) is 0.545. The molecular formula is C22H34IN5O2. The highest BCUT2D eigenvalue weighted by atomic mass is 127. The number of guanidine groups is 1. The van der Waals surface area contributed by atoms with Crippen molar-refractivity contribution in [2.24, 2.45) is 4.99 Å². The second-order valence-corrected chi connectivity index (χ2v) is 7.46. The first-order valence-corrected chi connectivity index (χ1v) is 10.4. The van der Waals surface area contributed by atoms with Crippen LogP contribution in [0.2, 0.25) is 0 Å². The summed E-state index contributed by atoms with van der Waals surface area (Å²) in [7, 11) is 3.45. The molecule has 1 aliphatic rings. The third kappa shape index (κ3) is 7.16. The van der Waals surface area contributed by atoms with Gasteiger partial charge in [0.05, 0.1) is 24.9 Å². The lowest BCUT2D eigenvalue weighted by Crippen LogP contribution is -2.36. The van der Waals surface area contributed by atoms with Crippen LogP contribution in [0.25, 0.3) is 0 Å². The number of aryl methyl sites for hydroxylation is 1. The van der Waals surface area contributed by atoms with Crippen molar-refractivity contribution in [1.82, 2.24) is 20.4 Å². The maximum Gasteiger partial charge on any atom is 0.191 e. The molecule has 2 aromatic rings. The van der Waals surface area contributed by atoms with E-state index in [1.54, 1.807) is 14.2 Å². The Morgan fingerprint density at radius 2 is 1.93 bits per heavy atom. The van der Waals surface area contributed by atoms with Crippen molar-refractivity contribution in [2.45, 2.75) is 51.7 Å². The number of nitrogens with one attached hydrogen (secondary N) is 2. The number of aromatic nitrogens is 2. The molecule has 0 bridgehead atoms.